The van der Waals surface area contributed by atoms with Gasteiger partial charge in [0, 0.05) is 5.56 Å². The molecule has 1 aliphatic rings. The zero-order valence-corrected chi connectivity index (χ0v) is 16.8. The standard InChI is InChI=1S/C19H28BFO5/c1-12(23-16(22)24-17(2,3)4)14-10-9-13(11-15(14)21)20-25-18(5,6)19(7,8)26-20/h9-12H,1-8H3/t12-/m1/s1. The van der Waals surface area contributed by atoms with E-state index in [-0.39, 0.29) is 5.56 Å². The van der Waals surface area contributed by atoms with Crippen LogP contribution < -0.4 is 5.46 Å². The predicted molar refractivity (Wildman–Crippen MR) is 97.9 cm³/mol. The number of benzene rings is 1. The van der Waals surface area contributed by atoms with Crippen LogP contribution in [0.3, 0.4) is 0 Å². The Bertz CT molecular complexity index is 665. The molecule has 1 aliphatic heterocycles. The summed E-state index contributed by atoms with van der Waals surface area (Å²) in [4.78, 5) is 11.8. The van der Waals surface area contributed by atoms with E-state index in [9.17, 15) is 9.18 Å². The van der Waals surface area contributed by atoms with Gasteiger partial charge in [0.1, 0.15) is 17.5 Å². The zero-order chi connectivity index (χ0) is 19.9. The molecular weight excluding hydrogens is 338 g/mol. The lowest BCUT2D eigenvalue weighted by Crippen LogP contribution is -2.41. The van der Waals surface area contributed by atoms with Gasteiger partial charge in [-0.25, -0.2) is 9.18 Å². The zero-order valence-electron chi connectivity index (χ0n) is 16.8. The van der Waals surface area contributed by atoms with Crippen LogP contribution in [-0.4, -0.2) is 30.1 Å². The lowest BCUT2D eigenvalue weighted by atomic mass is 9.78. The Kier molecular flexibility index (Phi) is 5.46. The van der Waals surface area contributed by atoms with Gasteiger partial charge in [0.05, 0.1) is 11.2 Å². The lowest BCUT2D eigenvalue weighted by molar-refractivity contribution is -0.0244. The molecule has 1 aromatic rings. The highest BCUT2D eigenvalue weighted by Crippen LogP contribution is 2.36. The van der Waals surface area contributed by atoms with E-state index in [4.69, 9.17) is 18.8 Å². The maximum absolute atomic E-state index is 14.6. The fraction of sp³-hybridized carbons (Fsp3) is 0.632. The molecule has 1 fully saturated rings. The van der Waals surface area contributed by atoms with Gasteiger partial charge in [0.25, 0.3) is 0 Å². The second-order valence-electron chi connectivity index (χ2n) is 8.59. The monoisotopic (exact) mass is 366 g/mol. The largest absolute Gasteiger partial charge is 0.509 e. The predicted octanol–water partition coefficient (Wildman–Crippen LogP) is 4.14. The Balaban J connectivity index is 2.11. The molecule has 0 amide bonds. The third kappa shape index (κ3) is 4.57. The molecule has 1 atom stereocenters. The second kappa shape index (κ2) is 6.85. The van der Waals surface area contributed by atoms with Gasteiger partial charge in [-0.1, -0.05) is 12.1 Å². The molecule has 0 bridgehead atoms. The SMILES string of the molecule is C[C@@H](OC(=O)OC(C)(C)C)c1ccc(B2OC(C)(C)C(C)(C)O2)cc1F. The molecule has 0 spiro atoms. The van der Waals surface area contributed by atoms with E-state index in [1.807, 2.05) is 27.7 Å². The Morgan fingerprint density at radius 2 is 1.69 bits per heavy atom. The number of halogens is 1. The fourth-order valence-electron chi connectivity index (χ4n) is 2.48. The summed E-state index contributed by atoms with van der Waals surface area (Å²) in [5.41, 5.74) is -0.832. The average molecular weight is 366 g/mol. The lowest BCUT2D eigenvalue weighted by Gasteiger charge is -2.32. The highest BCUT2D eigenvalue weighted by atomic mass is 19.1. The summed E-state index contributed by atoms with van der Waals surface area (Å²) in [5.74, 6) is -0.492. The molecule has 5 nitrogen and oxygen atoms in total. The highest BCUT2D eigenvalue weighted by Gasteiger charge is 2.51. The van der Waals surface area contributed by atoms with E-state index in [0.717, 1.165) is 0 Å². The summed E-state index contributed by atoms with van der Waals surface area (Å²) < 4.78 is 36.7. The Morgan fingerprint density at radius 3 is 2.15 bits per heavy atom. The van der Waals surface area contributed by atoms with Crippen LogP contribution >= 0.6 is 0 Å². The number of rotatable bonds is 3. The number of hydrogen-bond acceptors (Lipinski definition) is 5. The maximum Gasteiger partial charge on any atom is 0.509 e. The van der Waals surface area contributed by atoms with Crippen molar-refractivity contribution in [1.29, 1.82) is 0 Å². The normalized spacial score (nSPS) is 20.0. The minimum atomic E-state index is -0.834. The van der Waals surface area contributed by atoms with Gasteiger partial charge in [-0.15, -0.1) is 0 Å². The van der Waals surface area contributed by atoms with Crippen molar-refractivity contribution in [2.24, 2.45) is 0 Å². The van der Waals surface area contributed by atoms with Crippen LogP contribution in [0, 0.1) is 5.82 Å². The molecule has 1 heterocycles. The quantitative estimate of drug-likeness (QED) is 0.595. The van der Waals surface area contributed by atoms with Crippen molar-refractivity contribution < 1.29 is 28.0 Å². The van der Waals surface area contributed by atoms with Crippen LogP contribution in [0.5, 0.6) is 0 Å². The number of hydrogen-bond donors (Lipinski definition) is 0. The van der Waals surface area contributed by atoms with Crippen molar-refractivity contribution >= 4 is 18.7 Å². The van der Waals surface area contributed by atoms with Gasteiger partial charge in [-0.3, -0.25) is 0 Å². The van der Waals surface area contributed by atoms with Crippen LogP contribution in [0.25, 0.3) is 0 Å². The smallest absolute Gasteiger partial charge is 0.429 e. The van der Waals surface area contributed by atoms with E-state index < -0.39 is 42.0 Å². The summed E-state index contributed by atoms with van der Waals surface area (Å²) >= 11 is 0. The fourth-order valence-corrected chi connectivity index (χ4v) is 2.48. The van der Waals surface area contributed by atoms with E-state index >= 15 is 0 Å². The molecule has 0 unspecified atom stereocenters. The Labute approximate surface area is 155 Å². The Hall–Kier alpha value is -1.60. The number of ether oxygens (including phenoxy) is 2. The maximum atomic E-state index is 14.6. The number of carbonyl (C=O) groups is 1. The second-order valence-corrected chi connectivity index (χ2v) is 8.59. The molecule has 7 heteroatoms. The molecule has 0 N–H and O–H groups in total. The van der Waals surface area contributed by atoms with Crippen molar-refractivity contribution in [3.05, 3.63) is 29.6 Å². The average Bonchev–Trinajstić information content (AvgIpc) is 2.64. The summed E-state index contributed by atoms with van der Waals surface area (Å²) in [6, 6.07) is 4.65. The topological polar surface area (TPSA) is 54.0 Å². The van der Waals surface area contributed by atoms with Gasteiger partial charge in [0.2, 0.25) is 0 Å². The molecule has 26 heavy (non-hydrogen) atoms. The Morgan fingerprint density at radius 1 is 1.15 bits per heavy atom. The van der Waals surface area contributed by atoms with Crippen molar-refractivity contribution in [3.63, 3.8) is 0 Å². The van der Waals surface area contributed by atoms with Gasteiger partial charge < -0.3 is 18.8 Å². The molecule has 1 aromatic carbocycles. The molecule has 144 valence electrons. The molecular formula is C19H28BFO5. The van der Waals surface area contributed by atoms with Crippen molar-refractivity contribution in [2.75, 3.05) is 0 Å². The highest BCUT2D eigenvalue weighted by molar-refractivity contribution is 6.62. The third-order valence-electron chi connectivity index (χ3n) is 4.65. The first-order chi connectivity index (χ1) is 11.7. The van der Waals surface area contributed by atoms with E-state index in [1.165, 1.54) is 6.07 Å². The van der Waals surface area contributed by atoms with E-state index in [0.29, 0.717) is 5.46 Å². The summed E-state index contributed by atoms with van der Waals surface area (Å²) in [5, 5.41) is 0. The molecule has 2 rings (SSSR count). The van der Waals surface area contributed by atoms with E-state index in [2.05, 4.69) is 0 Å². The van der Waals surface area contributed by atoms with Gasteiger partial charge >= 0.3 is 13.3 Å². The van der Waals surface area contributed by atoms with Crippen molar-refractivity contribution in [3.8, 4) is 0 Å². The van der Waals surface area contributed by atoms with Crippen molar-refractivity contribution in [2.45, 2.75) is 78.3 Å². The van der Waals surface area contributed by atoms with Crippen LogP contribution in [0.1, 0.15) is 67.1 Å². The minimum Gasteiger partial charge on any atom is -0.429 e. The van der Waals surface area contributed by atoms with Crippen LogP contribution in [0.15, 0.2) is 18.2 Å². The summed E-state index contributed by atoms with van der Waals surface area (Å²) in [7, 11) is -0.648. The minimum absolute atomic E-state index is 0.260. The van der Waals surface area contributed by atoms with E-state index in [1.54, 1.807) is 39.8 Å². The first kappa shape index (κ1) is 20.7. The molecule has 0 saturated carbocycles. The number of carbonyl (C=O) groups excluding carboxylic acids is 1. The van der Waals surface area contributed by atoms with Crippen LogP contribution in [-0.2, 0) is 18.8 Å². The van der Waals surface area contributed by atoms with Crippen molar-refractivity contribution in [1.82, 2.24) is 0 Å². The van der Waals surface area contributed by atoms with Gasteiger partial charge in [0.15, 0.2) is 0 Å². The third-order valence-corrected chi connectivity index (χ3v) is 4.65. The molecule has 0 aliphatic carbocycles. The molecule has 0 radical (unpaired) electrons. The first-order valence-electron chi connectivity index (χ1n) is 8.76. The molecule has 0 aromatic heterocycles. The summed E-state index contributed by atoms with van der Waals surface area (Å²) in [6.45, 7) is 14.6. The van der Waals surface area contributed by atoms with Crippen LogP contribution in [0.2, 0.25) is 0 Å². The summed E-state index contributed by atoms with van der Waals surface area (Å²) in [6.07, 6.45) is -1.61. The molecule has 1 saturated heterocycles. The van der Waals surface area contributed by atoms with Gasteiger partial charge in [-0.2, -0.15) is 0 Å². The van der Waals surface area contributed by atoms with Crippen LogP contribution in [0.4, 0.5) is 9.18 Å². The first-order valence-corrected chi connectivity index (χ1v) is 8.76. The van der Waals surface area contributed by atoms with Gasteiger partial charge in [-0.05, 0) is 66.9 Å².